The second-order valence-electron chi connectivity index (χ2n) is 10.5. The Labute approximate surface area is 204 Å². The highest BCUT2D eigenvalue weighted by molar-refractivity contribution is 7.99. The van der Waals surface area contributed by atoms with Gasteiger partial charge in [-0.15, -0.1) is 0 Å². The standard InChI is InChI=1S/C25H33N5O3S/c1-16-12-24(14-32-16)7-10-30(11-8-24)22-18(13-31)28-23(17(2)27-22)34-19-4-9-26-21-20(19)33-15-25(29-21)5-3-6-25/h4,9,16,31H,3,5-8,10-15H2,1-2H3,(H,26,29)/t16-/m0/s1. The summed E-state index contributed by atoms with van der Waals surface area (Å²) >= 11 is 1.53. The fourth-order valence-corrected chi connectivity index (χ4v) is 6.72. The lowest BCUT2D eigenvalue weighted by Crippen LogP contribution is -2.52. The van der Waals surface area contributed by atoms with Gasteiger partial charge in [-0.2, -0.15) is 0 Å². The smallest absolute Gasteiger partial charge is 0.175 e. The molecular weight excluding hydrogens is 450 g/mol. The first kappa shape index (κ1) is 22.4. The van der Waals surface area contributed by atoms with E-state index in [1.54, 1.807) is 0 Å². The summed E-state index contributed by atoms with van der Waals surface area (Å²) in [6, 6.07) is 1.96. The first-order chi connectivity index (χ1) is 16.5. The van der Waals surface area contributed by atoms with Gasteiger partial charge in [0.15, 0.2) is 17.4 Å². The van der Waals surface area contributed by atoms with Crippen LogP contribution in [0.1, 0.15) is 56.8 Å². The summed E-state index contributed by atoms with van der Waals surface area (Å²) in [6.07, 6.45) is 8.98. The lowest BCUT2D eigenvalue weighted by Gasteiger charge is -2.45. The average Bonchev–Trinajstić information content (AvgIpc) is 3.19. The molecule has 5 heterocycles. The Morgan fingerprint density at radius 2 is 2.03 bits per heavy atom. The fraction of sp³-hybridized carbons (Fsp3) is 0.640. The summed E-state index contributed by atoms with van der Waals surface area (Å²) in [5.41, 5.74) is 1.86. The van der Waals surface area contributed by atoms with Crippen molar-refractivity contribution >= 4 is 23.4 Å². The molecule has 8 nitrogen and oxygen atoms in total. The topological polar surface area (TPSA) is 92.6 Å². The molecule has 0 aromatic carbocycles. The molecule has 3 fully saturated rings. The van der Waals surface area contributed by atoms with Crippen LogP contribution in [0.5, 0.6) is 5.75 Å². The molecule has 2 spiro atoms. The molecule has 6 rings (SSSR count). The molecule has 1 aliphatic carbocycles. The minimum atomic E-state index is -0.132. The molecule has 34 heavy (non-hydrogen) atoms. The summed E-state index contributed by atoms with van der Waals surface area (Å²) < 4.78 is 12.1. The van der Waals surface area contributed by atoms with E-state index >= 15 is 0 Å². The molecule has 2 saturated heterocycles. The first-order valence-corrected chi connectivity index (χ1v) is 13.2. The number of aromatic nitrogens is 3. The van der Waals surface area contributed by atoms with Crippen molar-refractivity contribution in [3.8, 4) is 5.75 Å². The van der Waals surface area contributed by atoms with E-state index in [0.717, 1.165) is 84.8 Å². The van der Waals surface area contributed by atoms with Crippen LogP contribution >= 0.6 is 11.8 Å². The molecule has 0 bridgehead atoms. The van der Waals surface area contributed by atoms with Crippen molar-refractivity contribution in [2.45, 2.75) is 80.5 Å². The van der Waals surface area contributed by atoms with Gasteiger partial charge in [-0.1, -0.05) is 11.8 Å². The maximum atomic E-state index is 10.2. The Hall–Kier alpha value is -2.10. The summed E-state index contributed by atoms with van der Waals surface area (Å²) in [5.74, 6) is 2.41. The molecule has 182 valence electrons. The van der Waals surface area contributed by atoms with E-state index in [9.17, 15) is 5.11 Å². The number of ether oxygens (including phenoxy) is 2. The van der Waals surface area contributed by atoms with Crippen molar-refractivity contribution in [2.75, 3.05) is 36.5 Å². The number of nitrogens with one attached hydrogen (secondary N) is 1. The zero-order valence-electron chi connectivity index (χ0n) is 20.0. The van der Waals surface area contributed by atoms with Gasteiger partial charge in [0.05, 0.1) is 35.4 Å². The predicted molar refractivity (Wildman–Crippen MR) is 131 cm³/mol. The highest BCUT2D eigenvalue weighted by atomic mass is 32.2. The number of hydrogen-bond donors (Lipinski definition) is 2. The molecule has 4 aliphatic rings. The normalized spacial score (nSPS) is 24.4. The van der Waals surface area contributed by atoms with Crippen LogP contribution in [-0.4, -0.2) is 58.0 Å². The number of piperidine rings is 1. The molecule has 2 aromatic rings. The number of aryl methyl sites for hydroxylation is 1. The first-order valence-electron chi connectivity index (χ1n) is 12.4. The average molecular weight is 484 g/mol. The lowest BCUT2D eigenvalue weighted by atomic mass is 9.77. The largest absolute Gasteiger partial charge is 0.486 e. The van der Waals surface area contributed by atoms with Gasteiger partial charge in [-0.05, 0) is 63.9 Å². The molecule has 1 saturated carbocycles. The number of aliphatic hydroxyl groups excluding tert-OH is 1. The van der Waals surface area contributed by atoms with E-state index in [1.807, 2.05) is 19.2 Å². The van der Waals surface area contributed by atoms with Crippen LogP contribution in [0.25, 0.3) is 0 Å². The molecular formula is C25H33N5O3S. The predicted octanol–water partition coefficient (Wildman–Crippen LogP) is 3.95. The zero-order valence-corrected chi connectivity index (χ0v) is 20.8. The van der Waals surface area contributed by atoms with Crippen LogP contribution in [0, 0.1) is 12.3 Å². The van der Waals surface area contributed by atoms with E-state index in [0.29, 0.717) is 23.8 Å². The summed E-state index contributed by atoms with van der Waals surface area (Å²) in [6.45, 7) is 7.41. The second-order valence-corrected chi connectivity index (χ2v) is 11.5. The molecule has 0 radical (unpaired) electrons. The number of hydrogen-bond acceptors (Lipinski definition) is 9. The van der Waals surface area contributed by atoms with Crippen molar-refractivity contribution in [3.05, 3.63) is 23.7 Å². The number of fused-ring (bicyclic) bond motifs is 1. The molecule has 1 atom stereocenters. The van der Waals surface area contributed by atoms with Crippen molar-refractivity contribution in [3.63, 3.8) is 0 Å². The number of rotatable bonds is 4. The zero-order chi connectivity index (χ0) is 23.3. The van der Waals surface area contributed by atoms with Gasteiger partial charge in [0.2, 0.25) is 0 Å². The van der Waals surface area contributed by atoms with Crippen LogP contribution in [-0.2, 0) is 11.3 Å². The molecule has 0 unspecified atom stereocenters. The maximum absolute atomic E-state index is 10.2. The lowest BCUT2D eigenvalue weighted by molar-refractivity contribution is 0.0975. The van der Waals surface area contributed by atoms with Crippen LogP contribution in [0.15, 0.2) is 22.2 Å². The Balaban J connectivity index is 1.22. The Morgan fingerprint density at radius 3 is 2.71 bits per heavy atom. The highest BCUT2D eigenvalue weighted by Crippen LogP contribution is 2.47. The Kier molecular flexibility index (Phi) is 5.61. The Bertz CT molecular complexity index is 1080. The maximum Gasteiger partial charge on any atom is 0.175 e. The van der Waals surface area contributed by atoms with Gasteiger partial charge in [-0.3, -0.25) is 0 Å². The Morgan fingerprint density at radius 1 is 1.21 bits per heavy atom. The van der Waals surface area contributed by atoms with Crippen molar-refractivity contribution in [2.24, 2.45) is 5.41 Å². The van der Waals surface area contributed by atoms with Crippen LogP contribution in [0.2, 0.25) is 0 Å². The number of anilines is 2. The van der Waals surface area contributed by atoms with Crippen LogP contribution in [0.3, 0.4) is 0 Å². The highest BCUT2D eigenvalue weighted by Gasteiger charge is 2.43. The van der Waals surface area contributed by atoms with Crippen LogP contribution in [0.4, 0.5) is 11.6 Å². The summed E-state index contributed by atoms with van der Waals surface area (Å²) in [4.78, 5) is 17.6. The summed E-state index contributed by atoms with van der Waals surface area (Å²) in [7, 11) is 0. The minimum absolute atomic E-state index is 0.0560. The van der Waals surface area contributed by atoms with Gasteiger partial charge in [0, 0.05) is 19.3 Å². The van der Waals surface area contributed by atoms with Crippen molar-refractivity contribution in [1.82, 2.24) is 15.0 Å². The SMILES string of the molecule is Cc1nc(N2CCC3(CC2)CO[C@@H](C)C3)c(CO)nc1Sc1ccnc2c1OCC1(CCC1)N2. The minimum Gasteiger partial charge on any atom is -0.486 e. The van der Waals surface area contributed by atoms with E-state index < -0.39 is 0 Å². The quantitative estimate of drug-likeness (QED) is 0.671. The monoisotopic (exact) mass is 483 g/mol. The van der Waals surface area contributed by atoms with Gasteiger partial charge in [0.25, 0.3) is 0 Å². The van der Waals surface area contributed by atoms with E-state index in [-0.39, 0.29) is 12.1 Å². The van der Waals surface area contributed by atoms with E-state index in [1.165, 1.54) is 18.2 Å². The third-order valence-corrected chi connectivity index (χ3v) is 9.13. The van der Waals surface area contributed by atoms with Crippen LogP contribution < -0.4 is 15.0 Å². The third-order valence-electron chi connectivity index (χ3n) is 8.01. The van der Waals surface area contributed by atoms with Gasteiger partial charge in [0.1, 0.15) is 17.3 Å². The van der Waals surface area contributed by atoms with Gasteiger partial charge >= 0.3 is 0 Å². The summed E-state index contributed by atoms with van der Waals surface area (Å²) in [5, 5.41) is 14.5. The molecule has 2 aromatic heterocycles. The van der Waals surface area contributed by atoms with E-state index in [2.05, 4.69) is 22.1 Å². The molecule has 2 N–H and O–H groups in total. The number of pyridine rings is 1. The molecule has 0 amide bonds. The van der Waals surface area contributed by atoms with Crippen molar-refractivity contribution < 1.29 is 14.6 Å². The third kappa shape index (κ3) is 3.91. The fourth-order valence-electron chi connectivity index (χ4n) is 5.78. The molecule has 3 aliphatic heterocycles. The van der Waals surface area contributed by atoms with Gasteiger partial charge in [-0.25, -0.2) is 15.0 Å². The van der Waals surface area contributed by atoms with Gasteiger partial charge < -0.3 is 24.8 Å². The number of aliphatic hydroxyl groups is 1. The molecule has 9 heteroatoms. The van der Waals surface area contributed by atoms with E-state index in [4.69, 9.17) is 19.4 Å². The number of nitrogens with zero attached hydrogens (tertiary/aromatic N) is 4. The second kappa shape index (κ2) is 8.53. The van der Waals surface area contributed by atoms with Crippen molar-refractivity contribution in [1.29, 1.82) is 0 Å².